The number of hydrogen-bond acceptors (Lipinski definition) is 5. The number of fused-ring (bicyclic) bond motifs is 1. The second-order valence-corrected chi connectivity index (χ2v) is 5.88. The first-order valence-electron chi connectivity index (χ1n) is 8.13. The fraction of sp³-hybridized carbons (Fsp3) is 0.105. The lowest BCUT2D eigenvalue weighted by molar-refractivity contribution is -0.116. The van der Waals surface area contributed by atoms with Crippen LogP contribution in [0.5, 0.6) is 0 Å². The summed E-state index contributed by atoms with van der Waals surface area (Å²) in [5, 5.41) is 3.72. The van der Waals surface area contributed by atoms with Crippen molar-refractivity contribution in [3.8, 4) is 11.1 Å². The van der Waals surface area contributed by atoms with Gasteiger partial charge in [-0.05, 0) is 25.1 Å². The largest absolute Gasteiger partial charge is 0.326 e. The molecule has 0 spiro atoms. The minimum atomic E-state index is -0.158. The van der Waals surface area contributed by atoms with Crippen LogP contribution in [0.4, 0.5) is 5.82 Å². The van der Waals surface area contributed by atoms with E-state index in [1.165, 1.54) is 0 Å². The highest BCUT2D eigenvalue weighted by Crippen LogP contribution is 2.23. The molecule has 0 saturated heterocycles. The van der Waals surface area contributed by atoms with Gasteiger partial charge in [-0.3, -0.25) is 14.8 Å². The Labute approximate surface area is 149 Å². The van der Waals surface area contributed by atoms with Crippen LogP contribution in [0, 0.1) is 6.92 Å². The summed E-state index contributed by atoms with van der Waals surface area (Å²) >= 11 is 0. The van der Waals surface area contributed by atoms with Crippen LogP contribution in [0.2, 0.25) is 0 Å². The quantitative estimate of drug-likeness (QED) is 0.615. The van der Waals surface area contributed by atoms with Crippen LogP contribution in [0.1, 0.15) is 5.82 Å². The maximum atomic E-state index is 12.2. The van der Waals surface area contributed by atoms with Gasteiger partial charge in [0.2, 0.25) is 5.91 Å². The van der Waals surface area contributed by atoms with Gasteiger partial charge in [0.25, 0.3) is 0 Å². The number of imidazole rings is 1. The molecule has 4 aromatic heterocycles. The molecule has 4 aromatic rings. The number of carbonyl (C=O) groups excluding carboxylic acids is 1. The van der Waals surface area contributed by atoms with E-state index in [-0.39, 0.29) is 12.5 Å². The summed E-state index contributed by atoms with van der Waals surface area (Å²) < 4.78 is 1.78. The average Bonchev–Trinajstić information content (AvgIpc) is 3.06. The molecule has 26 heavy (non-hydrogen) atoms. The van der Waals surface area contributed by atoms with Gasteiger partial charge in [-0.15, -0.1) is 0 Å². The normalized spacial score (nSPS) is 10.8. The van der Waals surface area contributed by atoms with E-state index < -0.39 is 0 Å². The van der Waals surface area contributed by atoms with E-state index in [0.717, 1.165) is 27.9 Å². The second-order valence-electron chi connectivity index (χ2n) is 5.88. The Morgan fingerprint density at radius 2 is 2.00 bits per heavy atom. The number of hydrogen-bond donors (Lipinski definition) is 1. The maximum absolute atomic E-state index is 12.2. The van der Waals surface area contributed by atoms with Gasteiger partial charge in [-0.1, -0.05) is 6.07 Å². The number of anilines is 1. The first-order chi connectivity index (χ1) is 12.7. The van der Waals surface area contributed by atoms with Gasteiger partial charge in [0.1, 0.15) is 18.2 Å². The molecule has 0 unspecified atom stereocenters. The molecule has 4 heterocycles. The first-order valence-corrected chi connectivity index (χ1v) is 8.13. The Bertz CT molecular complexity index is 1070. The Hall–Kier alpha value is -3.61. The monoisotopic (exact) mass is 344 g/mol. The number of nitrogens with zero attached hydrogens (tertiary/aromatic N) is 5. The zero-order chi connectivity index (χ0) is 17.9. The average molecular weight is 344 g/mol. The lowest BCUT2D eigenvalue weighted by Gasteiger charge is -2.08. The van der Waals surface area contributed by atoms with Gasteiger partial charge in [0, 0.05) is 47.5 Å². The lowest BCUT2D eigenvalue weighted by Crippen LogP contribution is -2.19. The van der Waals surface area contributed by atoms with Crippen molar-refractivity contribution in [1.29, 1.82) is 0 Å². The summed E-state index contributed by atoms with van der Waals surface area (Å²) in [6, 6.07) is 7.70. The van der Waals surface area contributed by atoms with E-state index in [1.807, 2.05) is 31.2 Å². The summed E-state index contributed by atoms with van der Waals surface area (Å²) in [6.45, 7) is 2.05. The third-order valence-corrected chi connectivity index (χ3v) is 4.07. The molecule has 4 rings (SSSR count). The van der Waals surface area contributed by atoms with Gasteiger partial charge in [0.15, 0.2) is 0 Å². The van der Waals surface area contributed by atoms with Crippen molar-refractivity contribution in [3.05, 3.63) is 67.3 Å². The SMILES string of the molecule is Cc1nccn1CC(=O)Nc1cc2cc(-c3cccnc3)cnc2cn1. The van der Waals surface area contributed by atoms with Crippen LogP contribution in [0.3, 0.4) is 0 Å². The van der Waals surface area contributed by atoms with Crippen molar-refractivity contribution in [2.24, 2.45) is 0 Å². The molecule has 0 aromatic carbocycles. The molecule has 0 bridgehead atoms. The van der Waals surface area contributed by atoms with Crippen LogP contribution in [-0.2, 0) is 11.3 Å². The second kappa shape index (κ2) is 6.72. The molecule has 0 fully saturated rings. The topological polar surface area (TPSA) is 85.6 Å². The minimum Gasteiger partial charge on any atom is -0.326 e. The number of aryl methyl sites for hydroxylation is 1. The minimum absolute atomic E-state index is 0.158. The predicted octanol–water partition coefficient (Wildman–Crippen LogP) is 2.84. The molecule has 1 N–H and O–H groups in total. The van der Waals surface area contributed by atoms with E-state index in [4.69, 9.17) is 0 Å². The smallest absolute Gasteiger partial charge is 0.245 e. The van der Waals surface area contributed by atoms with Crippen LogP contribution in [-0.4, -0.2) is 30.4 Å². The molecule has 0 aliphatic carbocycles. The number of rotatable bonds is 4. The zero-order valence-electron chi connectivity index (χ0n) is 14.1. The summed E-state index contributed by atoms with van der Waals surface area (Å²) in [5.74, 6) is 1.12. The van der Waals surface area contributed by atoms with Crippen molar-refractivity contribution >= 4 is 22.6 Å². The van der Waals surface area contributed by atoms with Crippen molar-refractivity contribution in [2.75, 3.05) is 5.32 Å². The molecular formula is C19H16N6O. The highest BCUT2D eigenvalue weighted by atomic mass is 16.2. The van der Waals surface area contributed by atoms with E-state index >= 15 is 0 Å². The van der Waals surface area contributed by atoms with Gasteiger partial charge < -0.3 is 9.88 Å². The molecule has 0 radical (unpaired) electrons. The van der Waals surface area contributed by atoms with Crippen LogP contribution in [0.15, 0.2) is 61.4 Å². The summed E-state index contributed by atoms with van der Waals surface area (Å²) in [5.41, 5.74) is 2.71. The van der Waals surface area contributed by atoms with Gasteiger partial charge in [0.05, 0.1) is 11.7 Å². The van der Waals surface area contributed by atoms with Gasteiger partial charge >= 0.3 is 0 Å². The molecule has 0 atom stereocenters. The van der Waals surface area contributed by atoms with Crippen molar-refractivity contribution in [1.82, 2.24) is 24.5 Å². The number of nitrogens with one attached hydrogen (secondary N) is 1. The molecule has 7 heteroatoms. The number of aromatic nitrogens is 5. The van der Waals surface area contributed by atoms with E-state index in [9.17, 15) is 4.79 Å². The summed E-state index contributed by atoms with van der Waals surface area (Å²) in [6.07, 6.45) is 10.4. The molecule has 0 saturated carbocycles. The molecule has 7 nitrogen and oxygen atoms in total. The Kier molecular flexibility index (Phi) is 4.10. The Balaban J connectivity index is 1.58. The lowest BCUT2D eigenvalue weighted by atomic mass is 10.1. The predicted molar refractivity (Wildman–Crippen MR) is 98.4 cm³/mol. The highest BCUT2D eigenvalue weighted by molar-refractivity contribution is 5.92. The Morgan fingerprint density at radius 3 is 2.77 bits per heavy atom. The standard InChI is InChI=1S/C19H16N6O/c1-13-21-5-6-25(13)12-19(26)24-18-8-15-7-16(10-22-17(15)11-23-18)14-3-2-4-20-9-14/h2-11H,12H2,1H3,(H,23,24,26). The van der Waals surface area contributed by atoms with Crippen molar-refractivity contribution in [3.63, 3.8) is 0 Å². The number of carbonyl (C=O) groups is 1. The Morgan fingerprint density at radius 1 is 1.08 bits per heavy atom. The molecule has 0 aliphatic heterocycles. The van der Waals surface area contributed by atoms with Crippen molar-refractivity contribution in [2.45, 2.75) is 13.5 Å². The summed E-state index contributed by atoms with van der Waals surface area (Å²) in [4.78, 5) is 29.2. The number of amides is 1. The van der Waals surface area contributed by atoms with Crippen LogP contribution >= 0.6 is 0 Å². The molecule has 128 valence electrons. The molecule has 0 aliphatic rings. The van der Waals surface area contributed by atoms with Gasteiger partial charge in [-0.25, -0.2) is 9.97 Å². The zero-order valence-corrected chi connectivity index (χ0v) is 14.1. The van der Waals surface area contributed by atoms with Crippen molar-refractivity contribution < 1.29 is 4.79 Å². The highest BCUT2D eigenvalue weighted by Gasteiger charge is 2.08. The molecule has 1 amide bonds. The first kappa shape index (κ1) is 15.9. The van der Waals surface area contributed by atoms with E-state index in [0.29, 0.717) is 5.82 Å². The fourth-order valence-corrected chi connectivity index (χ4v) is 2.70. The summed E-state index contributed by atoms with van der Waals surface area (Å²) in [7, 11) is 0. The molecular weight excluding hydrogens is 328 g/mol. The third kappa shape index (κ3) is 3.27. The number of pyridine rings is 3. The van der Waals surface area contributed by atoms with Gasteiger partial charge in [-0.2, -0.15) is 0 Å². The van der Waals surface area contributed by atoms with E-state index in [1.54, 1.807) is 41.7 Å². The third-order valence-electron chi connectivity index (χ3n) is 4.07. The maximum Gasteiger partial charge on any atom is 0.245 e. The van der Waals surface area contributed by atoms with E-state index in [2.05, 4.69) is 25.3 Å². The van der Waals surface area contributed by atoms with Crippen LogP contribution in [0.25, 0.3) is 22.0 Å². The fourth-order valence-electron chi connectivity index (χ4n) is 2.70. The van der Waals surface area contributed by atoms with Crippen LogP contribution < -0.4 is 5.32 Å².